The van der Waals surface area contributed by atoms with Crippen molar-refractivity contribution in [3.05, 3.63) is 36.5 Å². The van der Waals surface area contributed by atoms with Gasteiger partial charge < -0.3 is 10.6 Å². The lowest BCUT2D eigenvalue weighted by molar-refractivity contribution is 0.244. The van der Waals surface area contributed by atoms with E-state index in [9.17, 15) is 13.2 Å². The molecule has 8 heteroatoms. The predicted octanol–water partition coefficient (Wildman–Crippen LogP) is 2.55. The molecule has 0 radical (unpaired) electrons. The second-order valence-corrected chi connectivity index (χ2v) is 8.78. The van der Waals surface area contributed by atoms with Crippen molar-refractivity contribution in [3.8, 4) is 11.3 Å². The Morgan fingerprint density at radius 3 is 2.36 bits per heavy atom. The van der Waals surface area contributed by atoms with Gasteiger partial charge in [-0.1, -0.05) is 12.1 Å². The van der Waals surface area contributed by atoms with Gasteiger partial charge in [0.05, 0.1) is 10.9 Å². The number of aromatic amines is 1. The molecule has 1 aromatic heterocycles. The van der Waals surface area contributed by atoms with Crippen LogP contribution in [0.15, 0.2) is 36.5 Å². The smallest absolute Gasteiger partial charge is 0.319 e. The lowest BCUT2D eigenvalue weighted by Gasteiger charge is -2.28. The van der Waals surface area contributed by atoms with Crippen LogP contribution in [-0.2, 0) is 9.84 Å². The first-order valence-electron chi connectivity index (χ1n) is 8.28. The molecule has 3 rings (SSSR count). The highest BCUT2D eigenvalue weighted by atomic mass is 32.2. The molecule has 0 unspecified atom stereocenters. The second kappa shape index (κ2) is 7.26. The van der Waals surface area contributed by atoms with Gasteiger partial charge in [-0.05, 0) is 49.4 Å². The number of sulfone groups is 1. The average molecular weight is 362 g/mol. The molecule has 1 fully saturated rings. The normalized spacial score (nSPS) is 20.8. The third kappa shape index (κ3) is 4.60. The van der Waals surface area contributed by atoms with Gasteiger partial charge in [-0.3, -0.25) is 5.10 Å². The van der Waals surface area contributed by atoms with Crippen LogP contribution in [0.4, 0.5) is 10.5 Å². The number of nitrogens with one attached hydrogen (secondary N) is 3. The Morgan fingerprint density at radius 2 is 1.80 bits per heavy atom. The molecule has 134 valence electrons. The number of benzene rings is 1. The summed E-state index contributed by atoms with van der Waals surface area (Å²) in [5, 5.41) is 12.3. The molecule has 2 aromatic rings. The summed E-state index contributed by atoms with van der Waals surface area (Å²) in [6.07, 6.45) is 5.54. The fourth-order valence-electron chi connectivity index (χ4n) is 3.14. The van der Waals surface area contributed by atoms with E-state index in [0.717, 1.165) is 11.3 Å². The lowest BCUT2D eigenvalue weighted by Crippen LogP contribution is -2.42. The number of urea groups is 1. The molecule has 0 bridgehead atoms. The van der Waals surface area contributed by atoms with Crippen LogP contribution in [0.1, 0.15) is 25.7 Å². The Morgan fingerprint density at radius 1 is 1.12 bits per heavy atom. The third-order valence-corrected chi connectivity index (χ3v) is 6.25. The Kier molecular flexibility index (Phi) is 5.08. The Labute approximate surface area is 147 Å². The first kappa shape index (κ1) is 17.5. The van der Waals surface area contributed by atoms with Gasteiger partial charge in [0.2, 0.25) is 0 Å². The van der Waals surface area contributed by atoms with Gasteiger partial charge in [0.15, 0.2) is 0 Å². The highest BCUT2D eigenvalue weighted by Gasteiger charge is 2.28. The van der Waals surface area contributed by atoms with Gasteiger partial charge in [-0.15, -0.1) is 0 Å². The molecule has 3 N–H and O–H groups in total. The monoisotopic (exact) mass is 362 g/mol. The SMILES string of the molecule is CS(=O)(=O)C1CCC(NC(=O)Nc2ccc(-c3ccn[nH]3)cc2)CC1. The molecule has 1 aliphatic rings. The van der Waals surface area contributed by atoms with Gasteiger partial charge in [0, 0.05) is 24.2 Å². The van der Waals surface area contributed by atoms with Gasteiger partial charge in [-0.2, -0.15) is 5.10 Å². The first-order chi connectivity index (χ1) is 11.9. The van der Waals surface area contributed by atoms with Gasteiger partial charge in [0.25, 0.3) is 0 Å². The van der Waals surface area contributed by atoms with E-state index >= 15 is 0 Å². The number of hydrogen-bond acceptors (Lipinski definition) is 4. The van der Waals surface area contributed by atoms with E-state index in [1.807, 2.05) is 30.3 Å². The summed E-state index contributed by atoms with van der Waals surface area (Å²) >= 11 is 0. The topological polar surface area (TPSA) is 104 Å². The molecule has 0 aliphatic heterocycles. The molecule has 2 amide bonds. The summed E-state index contributed by atoms with van der Waals surface area (Å²) in [5.41, 5.74) is 2.60. The highest BCUT2D eigenvalue weighted by molar-refractivity contribution is 7.91. The van der Waals surface area contributed by atoms with Crippen molar-refractivity contribution in [2.24, 2.45) is 0 Å². The molecule has 25 heavy (non-hydrogen) atoms. The summed E-state index contributed by atoms with van der Waals surface area (Å²) in [5.74, 6) is 0. The van der Waals surface area contributed by atoms with Crippen molar-refractivity contribution in [2.75, 3.05) is 11.6 Å². The van der Waals surface area contributed by atoms with Gasteiger partial charge >= 0.3 is 6.03 Å². The molecule has 1 aliphatic carbocycles. The Bertz CT molecular complexity index is 808. The number of H-pyrrole nitrogens is 1. The standard InChI is InChI=1S/C17H22N4O3S/c1-25(23,24)15-8-6-14(7-9-15)20-17(22)19-13-4-2-12(3-5-13)16-10-11-18-21-16/h2-5,10-11,14-15H,6-9H2,1H3,(H,18,21)(H2,19,20,22). The van der Waals surface area contributed by atoms with Crippen molar-refractivity contribution in [2.45, 2.75) is 37.0 Å². The zero-order chi connectivity index (χ0) is 17.9. The van der Waals surface area contributed by atoms with Crippen molar-refractivity contribution < 1.29 is 13.2 Å². The van der Waals surface area contributed by atoms with E-state index in [0.29, 0.717) is 31.4 Å². The Balaban J connectivity index is 1.50. The number of rotatable bonds is 4. The summed E-state index contributed by atoms with van der Waals surface area (Å²) in [4.78, 5) is 12.1. The highest BCUT2D eigenvalue weighted by Crippen LogP contribution is 2.24. The molecular weight excluding hydrogens is 340 g/mol. The zero-order valence-electron chi connectivity index (χ0n) is 14.0. The number of carbonyl (C=O) groups excluding carboxylic acids is 1. The lowest BCUT2D eigenvalue weighted by atomic mass is 9.95. The van der Waals surface area contributed by atoms with Crippen LogP contribution in [0.3, 0.4) is 0 Å². The van der Waals surface area contributed by atoms with Crippen LogP contribution in [0.2, 0.25) is 0 Å². The third-order valence-electron chi connectivity index (χ3n) is 4.57. The van der Waals surface area contributed by atoms with Crippen molar-refractivity contribution >= 4 is 21.6 Å². The molecule has 0 spiro atoms. The van der Waals surface area contributed by atoms with E-state index in [1.54, 1.807) is 6.20 Å². The fourth-order valence-corrected chi connectivity index (χ4v) is 4.27. The van der Waals surface area contributed by atoms with E-state index in [1.165, 1.54) is 6.26 Å². The maximum absolute atomic E-state index is 12.1. The number of carbonyl (C=O) groups is 1. The number of aromatic nitrogens is 2. The largest absolute Gasteiger partial charge is 0.335 e. The molecule has 1 saturated carbocycles. The fraction of sp³-hybridized carbons (Fsp3) is 0.412. The molecule has 0 atom stereocenters. The van der Waals surface area contributed by atoms with Crippen molar-refractivity contribution in [1.29, 1.82) is 0 Å². The second-order valence-electron chi connectivity index (χ2n) is 6.45. The summed E-state index contributed by atoms with van der Waals surface area (Å²) in [6.45, 7) is 0. The minimum atomic E-state index is -2.98. The molecule has 1 heterocycles. The minimum Gasteiger partial charge on any atom is -0.335 e. The molecule has 1 aromatic carbocycles. The van der Waals surface area contributed by atoms with Crippen LogP contribution in [0, 0.1) is 0 Å². The Hall–Kier alpha value is -2.35. The quantitative estimate of drug-likeness (QED) is 0.777. The predicted molar refractivity (Wildman–Crippen MR) is 97.1 cm³/mol. The van der Waals surface area contributed by atoms with Crippen LogP contribution in [-0.4, -0.2) is 42.2 Å². The summed E-state index contributed by atoms with van der Waals surface area (Å²) in [7, 11) is -2.98. The van der Waals surface area contributed by atoms with E-state index in [-0.39, 0.29) is 17.3 Å². The average Bonchev–Trinajstić information content (AvgIpc) is 3.09. The zero-order valence-corrected chi connectivity index (χ0v) is 14.8. The van der Waals surface area contributed by atoms with Crippen molar-refractivity contribution in [3.63, 3.8) is 0 Å². The first-order valence-corrected chi connectivity index (χ1v) is 10.2. The van der Waals surface area contributed by atoms with Crippen molar-refractivity contribution in [1.82, 2.24) is 15.5 Å². The molecule has 0 saturated heterocycles. The van der Waals surface area contributed by atoms with Crippen LogP contribution < -0.4 is 10.6 Å². The maximum Gasteiger partial charge on any atom is 0.319 e. The van der Waals surface area contributed by atoms with Crippen LogP contribution in [0.25, 0.3) is 11.3 Å². The van der Waals surface area contributed by atoms with Gasteiger partial charge in [-0.25, -0.2) is 13.2 Å². The van der Waals surface area contributed by atoms with E-state index in [4.69, 9.17) is 0 Å². The minimum absolute atomic E-state index is 0.0160. The number of anilines is 1. The van der Waals surface area contributed by atoms with Crippen LogP contribution in [0.5, 0.6) is 0 Å². The molecule has 7 nitrogen and oxygen atoms in total. The van der Waals surface area contributed by atoms with Gasteiger partial charge in [0.1, 0.15) is 9.84 Å². The van der Waals surface area contributed by atoms with E-state index < -0.39 is 9.84 Å². The van der Waals surface area contributed by atoms with E-state index in [2.05, 4.69) is 20.8 Å². The van der Waals surface area contributed by atoms with Crippen LogP contribution >= 0.6 is 0 Å². The number of nitrogens with zero attached hydrogens (tertiary/aromatic N) is 1. The number of hydrogen-bond donors (Lipinski definition) is 3. The summed E-state index contributed by atoms with van der Waals surface area (Å²) < 4.78 is 23.1. The summed E-state index contributed by atoms with van der Waals surface area (Å²) in [6, 6.07) is 9.09. The maximum atomic E-state index is 12.1. The number of amides is 2. The molecular formula is C17H22N4O3S.